The summed E-state index contributed by atoms with van der Waals surface area (Å²) >= 11 is 1.32. The molecule has 0 aliphatic carbocycles. The van der Waals surface area contributed by atoms with Gasteiger partial charge in [-0.25, -0.2) is 0 Å². The molecule has 0 saturated carbocycles. The van der Waals surface area contributed by atoms with E-state index in [1.165, 1.54) is 11.3 Å². The van der Waals surface area contributed by atoms with Crippen molar-refractivity contribution in [2.45, 2.75) is 20.3 Å². The molecule has 0 aliphatic heterocycles. The molecule has 19 heavy (non-hydrogen) atoms. The van der Waals surface area contributed by atoms with Crippen LogP contribution in [0.15, 0.2) is 24.3 Å². The van der Waals surface area contributed by atoms with Crippen LogP contribution in [0.4, 0.5) is 10.8 Å². The van der Waals surface area contributed by atoms with Crippen molar-refractivity contribution in [3.05, 3.63) is 24.3 Å². The van der Waals surface area contributed by atoms with Crippen LogP contribution in [0, 0.1) is 5.92 Å². The van der Waals surface area contributed by atoms with Crippen LogP contribution in [-0.2, 0) is 4.79 Å². The summed E-state index contributed by atoms with van der Waals surface area (Å²) in [5.74, 6) is 0.274. The Labute approximate surface area is 115 Å². The molecule has 0 unspecified atom stereocenters. The van der Waals surface area contributed by atoms with Crippen LogP contribution < -0.4 is 11.1 Å². The molecule has 6 heteroatoms. The molecule has 0 saturated heterocycles. The van der Waals surface area contributed by atoms with Crippen molar-refractivity contribution in [1.82, 2.24) is 10.2 Å². The molecule has 0 bridgehead atoms. The second kappa shape index (κ2) is 5.79. The Balaban J connectivity index is 2.12. The van der Waals surface area contributed by atoms with E-state index in [1.54, 1.807) is 0 Å². The average Bonchev–Trinajstić information content (AvgIpc) is 2.76. The van der Waals surface area contributed by atoms with Crippen LogP contribution >= 0.6 is 11.3 Å². The predicted molar refractivity (Wildman–Crippen MR) is 77.8 cm³/mol. The molecule has 3 N–H and O–H groups in total. The number of amides is 1. The molecular weight excluding hydrogens is 260 g/mol. The number of nitrogens with zero attached hydrogens (tertiary/aromatic N) is 2. The van der Waals surface area contributed by atoms with Gasteiger partial charge in [0.05, 0.1) is 0 Å². The van der Waals surface area contributed by atoms with Gasteiger partial charge in [0.1, 0.15) is 0 Å². The van der Waals surface area contributed by atoms with Gasteiger partial charge >= 0.3 is 0 Å². The Morgan fingerprint density at radius 1 is 1.37 bits per heavy atom. The minimum atomic E-state index is -0.0428. The molecule has 2 aromatic rings. The Morgan fingerprint density at radius 3 is 2.79 bits per heavy atom. The monoisotopic (exact) mass is 276 g/mol. The van der Waals surface area contributed by atoms with Crippen LogP contribution in [-0.4, -0.2) is 16.1 Å². The predicted octanol–water partition coefficient (Wildman–Crippen LogP) is 2.77. The Hall–Kier alpha value is -1.95. The van der Waals surface area contributed by atoms with E-state index in [0.29, 0.717) is 28.2 Å². The van der Waals surface area contributed by atoms with Crippen molar-refractivity contribution in [1.29, 1.82) is 0 Å². The van der Waals surface area contributed by atoms with Crippen molar-refractivity contribution in [3.8, 4) is 10.6 Å². The van der Waals surface area contributed by atoms with E-state index in [2.05, 4.69) is 15.5 Å². The van der Waals surface area contributed by atoms with Gasteiger partial charge in [0.2, 0.25) is 11.0 Å². The van der Waals surface area contributed by atoms with Gasteiger partial charge < -0.3 is 11.1 Å². The maximum atomic E-state index is 11.6. The average molecular weight is 276 g/mol. The van der Waals surface area contributed by atoms with Crippen molar-refractivity contribution >= 4 is 28.1 Å². The molecule has 2 rings (SSSR count). The standard InChI is InChI=1S/C13H16N4OS/c1-8(2)7-11(18)15-13-17-16-12(19-13)9-5-3-4-6-10(9)14/h3-6,8H,7,14H2,1-2H3,(H,15,17,18). The van der Waals surface area contributed by atoms with Gasteiger partial charge in [0.25, 0.3) is 0 Å². The first kappa shape index (κ1) is 13.5. The third kappa shape index (κ3) is 3.51. The summed E-state index contributed by atoms with van der Waals surface area (Å²) in [6.07, 6.45) is 0.475. The highest BCUT2D eigenvalue weighted by Gasteiger charge is 2.12. The fourth-order valence-corrected chi connectivity index (χ4v) is 2.42. The van der Waals surface area contributed by atoms with Crippen LogP contribution in [0.25, 0.3) is 10.6 Å². The van der Waals surface area contributed by atoms with Crippen LogP contribution in [0.2, 0.25) is 0 Å². The first-order chi connectivity index (χ1) is 9.06. The summed E-state index contributed by atoms with van der Waals surface area (Å²) in [6, 6.07) is 7.46. The lowest BCUT2D eigenvalue weighted by Crippen LogP contribution is -2.13. The maximum absolute atomic E-state index is 11.6. The number of carbonyl (C=O) groups excluding carboxylic acids is 1. The molecule has 0 spiro atoms. The number of anilines is 2. The van der Waals surface area contributed by atoms with Crippen LogP contribution in [0.5, 0.6) is 0 Å². The van der Waals surface area contributed by atoms with E-state index in [4.69, 9.17) is 5.73 Å². The van der Waals surface area contributed by atoms with Crippen molar-refractivity contribution in [3.63, 3.8) is 0 Å². The first-order valence-corrected chi connectivity index (χ1v) is 6.86. The number of carbonyl (C=O) groups is 1. The number of aromatic nitrogens is 2. The number of benzene rings is 1. The number of nitrogen functional groups attached to an aromatic ring is 1. The number of rotatable bonds is 4. The first-order valence-electron chi connectivity index (χ1n) is 6.04. The minimum Gasteiger partial charge on any atom is -0.398 e. The van der Waals surface area contributed by atoms with Crippen molar-refractivity contribution < 1.29 is 4.79 Å². The molecule has 5 nitrogen and oxygen atoms in total. The largest absolute Gasteiger partial charge is 0.398 e. The molecule has 0 atom stereocenters. The van der Waals surface area contributed by atoms with E-state index in [-0.39, 0.29) is 5.91 Å². The van der Waals surface area contributed by atoms with Crippen LogP contribution in [0.1, 0.15) is 20.3 Å². The highest BCUT2D eigenvalue weighted by molar-refractivity contribution is 7.18. The smallest absolute Gasteiger partial charge is 0.226 e. The van der Waals surface area contributed by atoms with Gasteiger partial charge in [0.15, 0.2) is 5.01 Å². The molecule has 1 heterocycles. The molecular formula is C13H16N4OS. The number of hydrogen-bond donors (Lipinski definition) is 2. The van der Waals surface area contributed by atoms with E-state index in [9.17, 15) is 4.79 Å². The summed E-state index contributed by atoms with van der Waals surface area (Å²) in [5, 5.41) is 12.0. The van der Waals surface area contributed by atoms with Gasteiger partial charge in [-0.15, -0.1) is 10.2 Å². The third-order valence-corrected chi connectivity index (χ3v) is 3.33. The molecule has 1 aromatic heterocycles. The van der Waals surface area contributed by atoms with Gasteiger partial charge in [0, 0.05) is 17.7 Å². The highest BCUT2D eigenvalue weighted by atomic mass is 32.1. The van der Waals surface area contributed by atoms with Gasteiger partial charge in [-0.1, -0.05) is 37.3 Å². The fraction of sp³-hybridized carbons (Fsp3) is 0.308. The molecule has 0 radical (unpaired) electrons. The van der Waals surface area contributed by atoms with E-state index in [1.807, 2.05) is 38.1 Å². The maximum Gasteiger partial charge on any atom is 0.226 e. The second-order valence-electron chi connectivity index (χ2n) is 4.65. The fourth-order valence-electron chi connectivity index (χ4n) is 1.62. The Kier molecular flexibility index (Phi) is 4.11. The number of para-hydroxylation sites is 1. The number of nitrogens with two attached hydrogens (primary N) is 1. The SMILES string of the molecule is CC(C)CC(=O)Nc1nnc(-c2ccccc2N)s1. The quantitative estimate of drug-likeness (QED) is 0.841. The van der Waals surface area contributed by atoms with Gasteiger partial charge in [-0.05, 0) is 18.1 Å². The van der Waals surface area contributed by atoms with Gasteiger partial charge in [-0.2, -0.15) is 0 Å². The lowest BCUT2D eigenvalue weighted by atomic mass is 10.1. The Bertz CT molecular complexity index is 580. The number of hydrogen-bond acceptors (Lipinski definition) is 5. The topological polar surface area (TPSA) is 80.9 Å². The third-order valence-electron chi connectivity index (χ3n) is 2.46. The Morgan fingerprint density at radius 2 is 2.11 bits per heavy atom. The van der Waals surface area contributed by atoms with E-state index in [0.717, 1.165) is 5.56 Å². The normalized spacial score (nSPS) is 10.7. The summed E-state index contributed by atoms with van der Waals surface area (Å²) in [5.41, 5.74) is 7.37. The lowest BCUT2D eigenvalue weighted by Gasteiger charge is -2.03. The minimum absolute atomic E-state index is 0.0428. The highest BCUT2D eigenvalue weighted by Crippen LogP contribution is 2.30. The van der Waals surface area contributed by atoms with Gasteiger partial charge in [-0.3, -0.25) is 4.79 Å². The number of nitrogens with one attached hydrogen (secondary N) is 1. The molecule has 0 aliphatic rings. The molecule has 0 fully saturated rings. The van der Waals surface area contributed by atoms with E-state index < -0.39 is 0 Å². The summed E-state index contributed by atoms with van der Waals surface area (Å²) in [4.78, 5) is 11.6. The second-order valence-corrected chi connectivity index (χ2v) is 5.62. The molecule has 1 amide bonds. The molecule has 100 valence electrons. The summed E-state index contributed by atoms with van der Waals surface area (Å²) in [6.45, 7) is 3.99. The van der Waals surface area contributed by atoms with E-state index >= 15 is 0 Å². The summed E-state index contributed by atoms with van der Waals surface area (Å²) < 4.78 is 0. The molecule has 1 aromatic carbocycles. The zero-order chi connectivity index (χ0) is 13.8. The zero-order valence-electron chi connectivity index (χ0n) is 10.9. The van der Waals surface area contributed by atoms with Crippen molar-refractivity contribution in [2.24, 2.45) is 5.92 Å². The van der Waals surface area contributed by atoms with Crippen molar-refractivity contribution in [2.75, 3.05) is 11.1 Å². The van der Waals surface area contributed by atoms with Crippen LogP contribution in [0.3, 0.4) is 0 Å². The zero-order valence-corrected chi connectivity index (χ0v) is 11.7. The summed E-state index contributed by atoms with van der Waals surface area (Å²) in [7, 11) is 0. The lowest BCUT2D eigenvalue weighted by molar-refractivity contribution is -0.116.